The summed E-state index contributed by atoms with van der Waals surface area (Å²) in [7, 11) is 0. The van der Waals surface area contributed by atoms with Gasteiger partial charge in [-0.1, -0.05) is 0 Å². The molecule has 9 heteroatoms. The van der Waals surface area contributed by atoms with Crippen LogP contribution in [0.25, 0.3) is 0 Å². The van der Waals surface area contributed by atoms with Crippen LogP contribution in [0.1, 0.15) is 27.7 Å². The predicted octanol–water partition coefficient (Wildman–Crippen LogP) is 1.46. The van der Waals surface area contributed by atoms with Gasteiger partial charge in [0.1, 0.15) is 12.2 Å². The molecule has 29 heavy (non-hydrogen) atoms. The highest BCUT2D eigenvalue weighted by Crippen LogP contribution is 2.06. The Morgan fingerprint density at radius 3 is 1.17 bits per heavy atom. The van der Waals surface area contributed by atoms with Gasteiger partial charge in [-0.25, -0.2) is 4.79 Å². The van der Waals surface area contributed by atoms with Crippen molar-refractivity contribution in [2.75, 3.05) is 92.5 Å². The molecule has 9 nitrogen and oxygen atoms in total. The van der Waals surface area contributed by atoms with E-state index in [0.717, 1.165) is 0 Å². The molecule has 0 atom stereocenters. The fourth-order valence-corrected chi connectivity index (χ4v) is 1.89. The Balaban J connectivity index is 3.11. The topological polar surface area (TPSA) is 90.9 Å². The van der Waals surface area contributed by atoms with Gasteiger partial charge in [-0.3, -0.25) is 0 Å². The third-order valence-corrected chi connectivity index (χ3v) is 3.08. The number of rotatable bonds is 21. The number of hydrogen-bond acceptors (Lipinski definition) is 9. The summed E-state index contributed by atoms with van der Waals surface area (Å²) >= 11 is 0. The standard InChI is InChI=1S/C20H40O9/c1-5-22-6-7-23-8-9-24-10-11-25-12-13-26-14-15-27-16-17-28-18-19(21)29-20(2,3)4/h5-18H2,1-4H3. The Kier molecular flexibility index (Phi) is 19.9. The predicted molar refractivity (Wildman–Crippen MR) is 107 cm³/mol. The quantitative estimate of drug-likeness (QED) is 0.201. The van der Waals surface area contributed by atoms with E-state index in [1.165, 1.54) is 0 Å². The number of carbonyl (C=O) groups is 1. The summed E-state index contributed by atoms with van der Waals surface area (Å²) in [4.78, 5) is 11.4. The zero-order valence-electron chi connectivity index (χ0n) is 18.6. The summed E-state index contributed by atoms with van der Waals surface area (Å²) in [5, 5.41) is 0. The summed E-state index contributed by atoms with van der Waals surface area (Å²) in [6.45, 7) is 14.1. The van der Waals surface area contributed by atoms with Gasteiger partial charge in [0.05, 0.1) is 79.3 Å². The van der Waals surface area contributed by atoms with Crippen LogP contribution in [0.15, 0.2) is 0 Å². The minimum Gasteiger partial charge on any atom is -0.458 e. The fourth-order valence-electron chi connectivity index (χ4n) is 1.89. The van der Waals surface area contributed by atoms with Crippen LogP contribution in [0.5, 0.6) is 0 Å². The molecule has 0 aliphatic carbocycles. The first-order valence-corrected chi connectivity index (χ1v) is 10.2. The SMILES string of the molecule is CCOCCOCCOCCOCCOCCOCCOCC(=O)OC(C)(C)C. The van der Waals surface area contributed by atoms with Gasteiger partial charge in [0.25, 0.3) is 0 Å². The molecule has 0 spiro atoms. The molecule has 0 radical (unpaired) electrons. The van der Waals surface area contributed by atoms with Crippen LogP contribution >= 0.6 is 0 Å². The second-order valence-corrected chi connectivity index (χ2v) is 6.90. The molecule has 174 valence electrons. The molecule has 0 saturated heterocycles. The lowest BCUT2D eigenvalue weighted by molar-refractivity contribution is -0.160. The van der Waals surface area contributed by atoms with Crippen molar-refractivity contribution in [3.05, 3.63) is 0 Å². The molecule has 0 unspecified atom stereocenters. The van der Waals surface area contributed by atoms with E-state index in [-0.39, 0.29) is 12.6 Å². The van der Waals surface area contributed by atoms with Crippen LogP contribution in [0, 0.1) is 0 Å². The lowest BCUT2D eigenvalue weighted by atomic mass is 10.2. The van der Waals surface area contributed by atoms with Gasteiger partial charge in [-0.05, 0) is 27.7 Å². The molecule has 0 fully saturated rings. The molecular formula is C20H40O9. The van der Waals surface area contributed by atoms with E-state index in [1.54, 1.807) is 0 Å². The van der Waals surface area contributed by atoms with Crippen LogP contribution in [-0.4, -0.2) is 104 Å². The van der Waals surface area contributed by atoms with E-state index in [1.807, 2.05) is 27.7 Å². The average molecular weight is 425 g/mol. The third-order valence-electron chi connectivity index (χ3n) is 3.08. The normalized spacial score (nSPS) is 11.7. The Morgan fingerprint density at radius 1 is 0.552 bits per heavy atom. The van der Waals surface area contributed by atoms with Crippen LogP contribution < -0.4 is 0 Å². The number of ether oxygens (including phenoxy) is 8. The lowest BCUT2D eigenvalue weighted by Gasteiger charge is -2.19. The molecule has 0 bridgehead atoms. The second kappa shape index (κ2) is 20.5. The summed E-state index contributed by atoms with van der Waals surface area (Å²) in [6, 6.07) is 0. The Hall–Kier alpha value is -0.810. The van der Waals surface area contributed by atoms with Crippen LogP contribution in [-0.2, 0) is 42.7 Å². The van der Waals surface area contributed by atoms with E-state index in [0.29, 0.717) is 85.9 Å². The van der Waals surface area contributed by atoms with Gasteiger partial charge in [-0.15, -0.1) is 0 Å². The summed E-state index contributed by atoms with van der Waals surface area (Å²) in [5.41, 5.74) is -0.496. The zero-order valence-corrected chi connectivity index (χ0v) is 18.6. The zero-order chi connectivity index (χ0) is 21.6. The molecule has 0 saturated carbocycles. The van der Waals surface area contributed by atoms with E-state index < -0.39 is 5.60 Å². The van der Waals surface area contributed by atoms with Crippen molar-refractivity contribution < 1.29 is 42.7 Å². The Morgan fingerprint density at radius 2 is 0.862 bits per heavy atom. The molecule has 0 aliphatic heterocycles. The van der Waals surface area contributed by atoms with E-state index >= 15 is 0 Å². The van der Waals surface area contributed by atoms with Crippen molar-refractivity contribution in [2.24, 2.45) is 0 Å². The number of hydrogen-bond donors (Lipinski definition) is 0. The largest absolute Gasteiger partial charge is 0.458 e. The summed E-state index contributed by atoms with van der Waals surface area (Å²) in [6.07, 6.45) is 0. The summed E-state index contributed by atoms with van der Waals surface area (Å²) < 4.78 is 42.3. The second-order valence-electron chi connectivity index (χ2n) is 6.90. The van der Waals surface area contributed by atoms with E-state index in [4.69, 9.17) is 37.9 Å². The molecule has 0 N–H and O–H groups in total. The van der Waals surface area contributed by atoms with Gasteiger partial charge in [-0.2, -0.15) is 0 Å². The van der Waals surface area contributed by atoms with Crippen molar-refractivity contribution >= 4 is 5.97 Å². The smallest absolute Gasteiger partial charge is 0.332 e. The maximum absolute atomic E-state index is 11.4. The van der Waals surface area contributed by atoms with Crippen LogP contribution in [0.3, 0.4) is 0 Å². The molecule has 0 aromatic rings. The highest BCUT2D eigenvalue weighted by molar-refractivity contribution is 5.71. The molecule has 0 amide bonds. The van der Waals surface area contributed by atoms with Crippen molar-refractivity contribution in [2.45, 2.75) is 33.3 Å². The molecule has 0 aliphatic rings. The molecular weight excluding hydrogens is 384 g/mol. The van der Waals surface area contributed by atoms with Crippen LogP contribution in [0.4, 0.5) is 0 Å². The minimum atomic E-state index is -0.496. The number of carbonyl (C=O) groups excluding carboxylic acids is 1. The maximum atomic E-state index is 11.4. The van der Waals surface area contributed by atoms with E-state index in [2.05, 4.69) is 0 Å². The molecule has 0 rings (SSSR count). The molecule has 0 aromatic carbocycles. The van der Waals surface area contributed by atoms with Crippen LogP contribution in [0.2, 0.25) is 0 Å². The molecule has 0 heterocycles. The Labute approximate surface area is 175 Å². The minimum absolute atomic E-state index is 0.0703. The van der Waals surface area contributed by atoms with Gasteiger partial charge < -0.3 is 37.9 Å². The molecule has 0 aromatic heterocycles. The first-order chi connectivity index (χ1) is 14.0. The third kappa shape index (κ3) is 25.2. The fraction of sp³-hybridized carbons (Fsp3) is 0.950. The van der Waals surface area contributed by atoms with Gasteiger partial charge in [0.2, 0.25) is 0 Å². The highest BCUT2D eigenvalue weighted by Gasteiger charge is 2.15. The first kappa shape index (κ1) is 28.2. The van der Waals surface area contributed by atoms with E-state index in [9.17, 15) is 4.79 Å². The average Bonchev–Trinajstić information content (AvgIpc) is 2.65. The van der Waals surface area contributed by atoms with Crippen molar-refractivity contribution in [3.8, 4) is 0 Å². The van der Waals surface area contributed by atoms with Crippen molar-refractivity contribution in [3.63, 3.8) is 0 Å². The van der Waals surface area contributed by atoms with Crippen molar-refractivity contribution in [1.82, 2.24) is 0 Å². The first-order valence-electron chi connectivity index (χ1n) is 10.2. The highest BCUT2D eigenvalue weighted by atomic mass is 16.6. The number of esters is 1. The summed E-state index contributed by atoms with van der Waals surface area (Å²) in [5.74, 6) is -0.378. The van der Waals surface area contributed by atoms with Gasteiger partial charge >= 0.3 is 5.97 Å². The van der Waals surface area contributed by atoms with Gasteiger partial charge in [0, 0.05) is 6.61 Å². The maximum Gasteiger partial charge on any atom is 0.332 e. The van der Waals surface area contributed by atoms with Crippen molar-refractivity contribution in [1.29, 1.82) is 0 Å². The van der Waals surface area contributed by atoms with Gasteiger partial charge in [0.15, 0.2) is 0 Å². The monoisotopic (exact) mass is 424 g/mol. The Bertz CT molecular complexity index is 358. The lowest BCUT2D eigenvalue weighted by Crippen LogP contribution is -2.27.